The van der Waals surface area contributed by atoms with Crippen molar-refractivity contribution in [2.75, 3.05) is 44.0 Å². The van der Waals surface area contributed by atoms with Crippen LogP contribution in [0.2, 0.25) is 0 Å². The molecule has 0 amide bonds. The first kappa shape index (κ1) is 30.4. The SMILES string of the molecule is CCN(CC)C(c1nc(Cc2ccccc2)c(N(C)Cc2ccccc2)o1)C1CCC(Cc2sccc2N(C)C)CC1. The van der Waals surface area contributed by atoms with Crippen molar-refractivity contribution in [2.45, 2.75) is 65.0 Å². The molecule has 42 heavy (non-hydrogen) atoms. The van der Waals surface area contributed by atoms with Crippen LogP contribution in [0.3, 0.4) is 0 Å². The summed E-state index contributed by atoms with van der Waals surface area (Å²) in [6, 6.07) is 23.8. The summed E-state index contributed by atoms with van der Waals surface area (Å²) in [6.07, 6.45) is 6.95. The maximum atomic E-state index is 6.84. The van der Waals surface area contributed by atoms with Crippen LogP contribution in [0.25, 0.3) is 0 Å². The molecule has 2 aromatic heterocycles. The van der Waals surface area contributed by atoms with E-state index >= 15 is 0 Å². The van der Waals surface area contributed by atoms with Gasteiger partial charge in [-0.3, -0.25) is 4.90 Å². The molecule has 224 valence electrons. The summed E-state index contributed by atoms with van der Waals surface area (Å²) >= 11 is 1.92. The van der Waals surface area contributed by atoms with Crippen LogP contribution >= 0.6 is 11.3 Å². The Morgan fingerprint density at radius 1 is 0.857 bits per heavy atom. The van der Waals surface area contributed by atoms with Gasteiger partial charge in [0.1, 0.15) is 5.69 Å². The van der Waals surface area contributed by atoms with Crippen LogP contribution in [0.1, 0.15) is 73.2 Å². The topological polar surface area (TPSA) is 35.8 Å². The minimum atomic E-state index is 0.202. The first-order chi connectivity index (χ1) is 20.5. The Morgan fingerprint density at radius 2 is 1.50 bits per heavy atom. The predicted molar refractivity (Wildman–Crippen MR) is 178 cm³/mol. The van der Waals surface area contributed by atoms with Gasteiger partial charge in [0.05, 0.1) is 11.7 Å². The molecule has 5 rings (SSSR count). The number of nitrogens with zero attached hydrogens (tertiary/aromatic N) is 4. The highest BCUT2D eigenvalue weighted by molar-refractivity contribution is 7.10. The summed E-state index contributed by atoms with van der Waals surface area (Å²) in [5.41, 5.74) is 4.96. The number of rotatable bonds is 13. The van der Waals surface area contributed by atoms with E-state index in [4.69, 9.17) is 9.40 Å². The lowest BCUT2D eigenvalue weighted by atomic mass is 9.76. The summed E-state index contributed by atoms with van der Waals surface area (Å²) in [7, 11) is 6.45. The highest BCUT2D eigenvalue weighted by Crippen LogP contribution is 2.43. The minimum Gasteiger partial charge on any atom is -0.423 e. The molecule has 5 nitrogen and oxygen atoms in total. The lowest BCUT2D eigenvalue weighted by Gasteiger charge is -2.38. The molecule has 0 radical (unpaired) electrons. The second kappa shape index (κ2) is 14.4. The number of hydrogen-bond acceptors (Lipinski definition) is 6. The predicted octanol–water partition coefficient (Wildman–Crippen LogP) is 8.46. The smallest absolute Gasteiger partial charge is 0.220 e. The molecule has 1 fully saturated rings. The maximum Gasteiger partial charge on any atom is 0.220 e. The number of benzene rings is 2. The molecule has 0 N–H and O–H groups in total. The Bertz CT molecular complexity index is 1350. The lowest BCUT2D eigenvalue weighted by Crippen LogP contribution is -2.36. The Kier molecular flexibility index (Phi) is 10.4. The van der Waals surface area contributed by atoms with Crippen molar-refractivity contribution >= 4 is 22.9 Å². The minimum absolute atomic E-state index is 0.202. The van der Waals surface area contributed by atoms with Gasteiger partial charge in [-0.25, -0.2) is 4.98 Å². The van der Waals surface area contributed by atoms with Gasteiger partial charge in [0, 0.05) is 39.0 Å². The van der Waals surface area contributed by atoms with E-state index in [9.17, 15) is 0 Å². The summed E-state index contributed by atoms with van der Waals surface area (Å²) in [5.74, 6) is 3.10. The quantitative estimate of drug-likeness (QED) is 0.158. The molecule has 2 aromatic carbocycles. The van der Waals surface area contributed by atoms with Crippen molar-refractivity contribution in [3.63, 3.8) is 0 Å². The third-order valence-corrected chi connectivity index (χ3v) is 9.92. The average molecular weight is 585 g/mol. The van der Waals surface area contributed by atoms with E-state index < -0.39 is 0 Å². The van der Waals surface area contributed by atoms with Crippen molar-refractivity contribution in [3.05, 3.63) is 99.7 Å². The van der Waals surface area contributed by atoms with Crippen LogP contribution < -0.4 is 9.80 Å². The summed E-state index contributed by atoms with van der Waals surface area (Å²) < 4.78 is 6.84. The van der Waals surface area contributed by atoms with Crippen LogP contribution in [-0.2, 0) is 19.4 Å². The fourth-order valence-corrected chi connectivity index (χ4v) is 7.81. The second-order valence-electron chi connectivity index (χ2n) is 12.1. The lowest BCUT2D eigenvalue weighted by molar-refractivity contribution is 0.0933. The third kappa shape index (κ3) is 7.27. The highest BCUT2D eigenvalue weighted by Gasteiger charge is 2.36. The zero-order valence-corrected chi connectivity index (χ0v) is 26.9. The summed E-state index contributed by atoms with van der Waals surface area (Å²) in [6.45, 7) is 7.33. The number of oxazole rings is 1. The van der Waals surface area contributed by atoms with Gasteiger partial charge >= 0.3 is 0 Å². The van der Waals surface area contributed by atoms with E-state index in [-0.39, 0.29) is 6.04 Å². The number of aromatic nitrogens is 1. The number of anilines is 2. The Labute approximate surface area is 257 Å². The van der Waals surface area contributed by atoms with E-state index in [2.05, 4.69) is 122 Å². The molecule has 0 spiro atoms. The summed E-state index contributed by atoms with van der Waals surface area (Å²) in [4.78, 5) is 13.9. The fourth-order valence-electron chi connectivity index (χ4n) is 6.75. The zero-order chi connectivity index (χ0) is 29.5. The van der Waals surface area contributed by atoms with Crippen LogP contribution in [0.15, 0.2) is 76.5 Å². The molecule has 6 heteroatoms. The number of hydrogen-bond donors (Lipinski definition) is 0. The van der Waals surface area contributed by atoms with Gasteiger partial charge in [0.25, 0.3) is 0 Å². The molecule has 1 aliphatic rings. The van der Waals surface area contributed by atoms with Gasteiger partial charge in [-0.1, -0.05) is 74.5 Å². The van der Waals surface area contributed by atoms with E-state index in [0.29, 0.717) is 5.92 Å². The standard InChI is InChI=1S/C36H48N4OS/c1-6-40(7-2)34(30-20-18-28(19-21-30)25-33-32(38(3)4)22-23-42-33)35-37-31(24-27-14-10-8-11-15-27)36(41-35)39(5)26-29-16-12-9-13-17-29/h8-17,22-23,28,30,34H,6-7,18-21,24-26H2,1-5H3. The molecule has 1 atom stereocenters. The van der Waals surface area contributed by atoms with Crippen molar-refractivity contribution in [2.24, 2.45) is 11.8 Å². The van der Waals surface area contributed by atoms with Gasteiger partial charge in [-0.2, -0.15) is 0 Å². The van der Waals surface area contributed by atoms with Crippen LogP contribution in [0.4, 0.5) is 11.6 Å². The van der Waals surface area contributed by atoms with Crippen LogP contribution in [0, 0.1) is 11.8 Å². The molecule has 0 saturated heterocycles. The largest absolute Gasteiger partial charge is 0.423 e. The first-order valence-corrected chi connectivity index (χ1v) is 16.6. The summed E-state index contributed by atoms with van der Waals surface area (Å²) in [5, 5.41) is 2.24. The van der Waals surface area contributed by atoms with E-state index in [1.165, 1.54) is 53.8 Å². The fraction of sp³-hybridized carbons (Fsp3) is 0.472. The monoisotopic (exact) mass is 584 g/mol. The van der Waals surface area contributed by atoms with Gasteiger partial charge in [-0.15, -0.1) is 11.3 Å². The van der Waals surface area contributed by atoms with Gasteiger partial charge in [0.15, 0.2) is 0 Å². The Hall–Kier alpha value is -3.09. The molecular formula is C36H48N4OS. The van der Waals surface area contributed by atoms with Gasteiger partial charge < -0.3 is 14.2 Å². The van der Waals surface area contributed by atoms with Crippen LogP contribution in [-0.4, -0.2) is 44.1 Å². The third-order valence-electron chi connectivity index (χ3n) is 8.99. The van der Waals surface area contributed by atoms with Gasteiger partial charge in [0.2, 0.25) is 11.8 Å². The molecule has 2 heterocycles. The molecule has 0 aliphatic heterocycles. The zero-order valence-electron chi connectivity index (χ0n) is 26.1. The Morgan fingerprint density at radius 3 is 2.12 bits per heavy atom. The molecule has 1 unspecified atom stereocenters. The van der Waals surface area contributed by atoms with Crippen molar-refractivity contribution in [1.29, 1.82) is 0 Å². The molecule has 4 aromatic rings. The molecule has 1 saturated carbocycles. The average Bonchev–Trinajstić information content (AvgIpc) is 3.65. The van der Waals surface area contributed by atoms with E-state index in [1.807, 2.05) is 11.3 Å². The maximum absolute atomic E-state index is 6.84. The van der Waals surface area contributed by atoms with Crippen molar-refractivity contribution in [3.8, 4) is 0 Å². The van der Waals surface area contributed by atoms with Crippen molar-refractivity contribution in [1.82, 2.24) is 9.88 Å². The molecule has 0 bridgehead atoms. The molecular weight excluding hydrogens is 536 g/mol. The van der Waals surface area contributed by atoms with E-state index in [0.717, 1.165) is 49.4 Å². The van der Waals surface area contributed by atoms with Crippen LogP contribution in [0.5, 0.6) is 0 Å². The van der Waals surface area contributed by atoms with Gasteiger partial charge in [-0.05, 0) is 79.6 Å². The highest BCUT2D eigenvalue weighted by atomic mass is 32.1. The molecule has 1 aliphatic carbocycles. The van der Waals surface area contributed by atoms with E-state index in [1.54, 1.807) is 0 Å². The Balaban J connectivity index is 1.39. The normalized spacial score (nSPS) is 17.9. The number of thiophene rings is 1. The second-order valence-corrected chi connectivity index (χ2v) is 13.1. The first-order valence-electron chi connectivity index (χ1n) is 15.7. The van der Waals surface area contributed by atoms with Crippen molar-refractivity contribution < 1.29 is 4.42 Å².